The Morgan fingerprint density at radius 2 is 1.95 bits per heavy atom. The van der Waals surface area contributed by atoms with Crippen LogP contribution in [0, 0.1) is 11.8 Å². The summed E-state index contributed by atoms with van der Waals surface area (Å²) in [4.78, 5) is 23.2. The van der Waals surface area contributed by atoms with Crippen LogP contribution in [0.2, 0.25) is 0 Å². The number of Topliss-reactive ketones (excluding diaryl/α,β-unsaturated/α-hetero) is 1. The number of carbonyl (C=O) groups is 1. The van der Waals surface area contributed by atoms with Crippen molar-refractivity contribution < 1.29 is 19.3 Å². The van der Waals surface area contributed by atoms with Crippen molar-refractivity contribution in [2.75, 3.05) is 0 Å². The molecule has 1 heterocycles. The summed E-state index contributed by atoms with van der Waals surface area (Å²) in [5.74, 6) is 0.529. The van der Waals surface area contributed by atoms with Gasteiger partial charge in [-0.1, -0.05) is 11.6 Å². The first-order valence-electron chi connectivity index (χ1n) is 8.34. The highest BCUT2D eigenvalue weighted by molar-refractivity contribution is 7.81. The fraction of sp³-hybridized carbons (Fsp3) is 0.824. The van der Waals surface area contributed by atoms with Crippen molar-refractivity contribution in [3.63, 3.8) is 0 Å². The monoisotopic (exact) mass is 324 g/mol. The summed E-state index contributed by atoms with van der Waals surface area (Å²) in [7, 11) is 0. The maximum atomic E-state index is 11.6. The molecular formula is C17H24O4S. The molecule has 3 aliphatic carbocycles. The average Bonchev–Trinajstić information content (AvgIpc) is 2.93. The molecule has 4 aliphatic rings. The van der Waals surface area contributed by atoms with Gasteiger partial charge in [0.2, 0.25) is 5.79 Å². The first kappa shape index (κ1) is 15.2. The van der Waals surface area contributed by atoms with Crippen LogP contribution in [0.25, 0.3) is 0 Å². The molecule has 0 aromatic heterocycles. The highest BCUT2D eigenvalue weighted by Crippen LogP contribution is 2.54. The van der Waals surface area contributed by atoms with E-state index < -0.39 is 11.4 Å². The summed E-state index contributed by atoms with van der Waals surface area (Å²) in [5.41, 5.74) is 0.908. The Labute approximate surface area is 136 Å². The van der Waals surface area contributed by atoms with Gasteiger partial charge in [0.1, 0.15) is 17.5 Å². The van der Waals surface area contributed by atoms with E-state index in [2.05, 4.69) is 32.6 Å². The van der Waals surface area contributed by atoms with Crippen LogP contribution in [-0.4, -0.2) is 28.5 Å². The second-order valence-electron chi connectivity index (χ2n) is 7.72. The van der Waals surface area contributed by atoms with Crippen LogP contribution in [0.3, 0.4) is 0 Å². The molecule has 1 saturated heterocycles. The fourth-order valence-corrected chi connectivity index (χ4v) is 4.75. The number of hydrogen-bond acceptors (Lipinski definition) is 5. The van der Waals surface area contributed by atoms with Gasteiger partial charge in [0, 0.05) is 30.9 Å². The van der Waals surface area contributed by atoms with Crippen LogP contribution in [-0.2, 0) is 19.3 Å². The second-order valence-corrected chi connectivity index (χ2v) is 8.50. The lowest BCUT2D eigenvalue weighted by molar-refractivity contribution is -0.521. The van der Waals surface area contributed by atoms with E-state index in [1.807, 2.05) is 0 Å². The first-order chi connectivity index (χ1) is 10.4. The van der Waals surface area contributed by atoms with E-state index in [1.54, 1.807) is 0 Å². The van der Waals surface area contributed by atoms with Gasteiger partial charge in [-0.05, 0) is 38.5 Å². The maximum Gasteiger partial charge on any atom is 0.202 e. The number of rotatable bonds is 1. The number of carbonyl (C=O) groups excluding carboxylic acids is 1. The molecule has 122 valence electrons. The van der Waals surface area contributed by atoms with E-state index in [1.165, 1.54) is 5.57 Å². The summed E-state index contributed by atoms with van der Waals surface area (Å²) in [6.45, 7) is 4.15. The summed E-state index contributed by atoms with van der Waals surface area (Å²) >= 11 is 4.56. The lowest BCUT2D eigenvalue weighted by Crippen LogP contribution is -2.56. The maximum absolute atomic E-state index is 11.6. The Hall–Kier alpha value is -0.360. The lowest BCUT2D eigenvalue weighted by atomic mass is 9.83. The molecule has 5 atom stereocenters. The molecule has 0 aromatic carbocycles. The van der Waals surface area contributed by atoms with Gasteiger partial charge in [-0.15, -0.1) is 0 Å². The van der Waals surface area contributed by atoms with Crippen molar-refractivity contribution in [3.8, 4) is 0 Å². The minimum Gasteiger partial charge on any atom is -0.337 e. The van der Waals surface area contributed by atoms with Gasteiger partial charge in [0.25, 0.3) is 0 Å². The molecule has 22 heavy (non-hydrogen) atoms. The van der Waals surface area contributed by atoms with Crippen molar-refractivity contribution in [2.45, 2.75) is 75.1 Å². The molecule has 0 N–H and O–H groups in total. The molecule has 0 amide bonds. The summed E-state index contributed by atoms with van der Waals surface area (Å²) in [5, 5.41) is 0.243. The molecule has 4 nitrogen and oxygen atoms in total. The van der Waals surface area contributed by atoms with Crippen molar-refractivity contribution in [2.24, 2.45) is 11.8 Å². The fourth-order valence-electron chi connectivity index (χ4n) is 4.53. The van der Waals surface area contributed by atoms with E-state index in [9.17, 15) is 4.79 Å². The largest absolute Gasteiger partial charge is 0.337 e. The number of ketones is 1. The minimum atomic E-state index is -0.654. The summed E-state index contributed by atoms with van der Waals surface area (Å²) < 4.78 is 6.42. The third-order valence-corrected chi connectivity index (χ3v) is 6.26. The molecule has 4 rings (SSSR count). The lowest BCUT2D eigenvalue weighted by Gasteiger charge is -2.48. The van der Waals surface area contributed by atoms with E-state index in [-0.39, 0.29) is 11.4 Å². The van der Waals surface area contributed by atoms with E-state index in [0.717, 1.165) is 25.7 Å². The van der Waals surface area contributed by atoms with Gasteiger partial charge in [0.05, 0.1) is 0 Å². The molecule has 3 fully saturated rings. The molecule has 1 aliphatic heterocycles. The quantitative estimate of drug-likeness (QED) is 0.457. The molecule has 1 spiro atoms. The van der Waals surface area contributed by atoms with E-state index in [0.29, 0.717) is 30.5 Å². The topological polar surface area (TPSA) is 44.8 Å². The minimum absolute atomic E-state index is 0.0888. The molecule has 2 saturated carbocycles. The van der Waals surface area contributed by atoms with Crippen LogP contribution in [0.4, 0.5) is 0 Å². The first-order valence-corrected chi connectivity index (χ1v) is 8.86. The van der Waals surface area contributed by atoms with Crippen LogP contribution in [0.15, 0.2) is 11.6 Å². The van der Waals surface area contributed by atoms with Gasteiger partial charge >= 0.3 is 0 Å². The molecule has 0 radical (unpaired) electrons. The average molecular weight is 324 g/mol. The highest BCUT2D eigenvalue weighted by Gasteiger charge is 2.58. The smallest absolute Gasteiger partial charge is 0.202 e. The van der Waals surface area contributed by atoms with Crippen LogP contribution >= 0.6 is 12.6 Å². The SMILES string of the molecule is CC(S)C1=CC2OC3(CC4CC(=O)CC4C3)OOC2(C)CC1. The van der Waals surface area contributed by atoms with Crippen molar-refractivity contribution in [1.29, 1.82) is 0 Å². The summed E-state index contributed by atoms with van der Waals surface area (Å²) in [6, 6.07) is 0. The zero-order valence-corrected chi connectivity index (χ0v) is 14.1. The molecule has 0 bridgehead atoms. The Morgan fingerprint density at radius 3 is 2.59 bits per heavy atom. The van der Waals surface area contributed by atoms with Crippen molar-refractivity contribution in [3.05, 3.63) is 11.6 Å². The molecular weight excluding hydrogens is 300 g/mol. The zero-order valence-electron chi connectivity index (χ0n) is 13.2. The van der Waals surface area contributed by atoms with Crippen LogP contribution in [0.1, 0.15) is 52.4 Å². The van der Waals surface area contributed by atoms with Gasteiger partial charge in [-0.3, -0.25) is 4.79 Å². The number of thiol groups is 1. The van der Waals surface area contributed by atoms with E-state index in [4.69, 9.17) is 14.5 Å². The van der Waals surface area contributed by atoms with Crippen LogP contribution in [0.5, 0.6) is 0 Å². The van der Waals surface area contributed by atoms with Gasteiger partial charge in [-0.25, -0.2) is 9.78 Å². The number of ether oxygens (including phenoxy) is 1. The van der Waals surface area contributed by atoms with Gasteiger partial charge in [0.15, 0.2) is 0 Å². The van der Waals surface area contributed by atoms with Crippen molar-refractivity contribution >= 4 is 18.4 Å². The predicted octanol–water partition coefficient (Wildman–Crippen LogP) is 3.22. The Bertz CT molecular complexity index is 513. The molecule has 5 unspecified atom stereocenters. The standard InChI is InChI=1S/C17H24O4S/c1-10(22)11-3-4-16(2)15(7-11)19-17(21-20-16)8-12-5-14(18)6-13(12)9-17/h7,10,12-13,15,22H,3-6,8-9H2,1-2H3. The third-order valence-electron chi connectivity index (χ3n) is 5.93. The third kappa shape index (κ3) is 2.37. The van der Waals surface area contributed by atoms with Gasteiger partial charge < -0.3 is 4.74 Å². The van der Waals surface area contributed by atoms with Crippen molar-refractivity contribution in [1.82, 2.24) is 0 Å². The Balaban J connectivity index is 1.55. The van der Waals surface area contributed by atoms with Crippen LogP contribution < -0.4 is 0 Å². The molecule has 5 heteroatoms. The van der Waals surface area contributed by atoms with Gasteiger partial charge in [-0.2, -0.15) is 12.6 Å². The van der Waals surface area contributed by atoms with E-state index >= 15 is 0 Å². The number of hydrogen-bond donors (Lipinski definition) is 1. The zero-order chi connectivity index (χ0) is 15.5. The second kappa shape index (κ2) is 5.07. The Kier molecular flexibility index (Phi) is 3.50. The molecule has 0 aromatic rings. The normalized spacial score (nSPS) is 49.0. The number of fused-ring (bicyclic) bond motifs is 2. The predicted molar refractivity (Wildman–Crippen MR) is 84.4 cm³/mol. The summed E-state index contributed by atoms with van der Waals surface area (Å²) in [6.07, 6.45) is 6.85. The Morgan fingerprint density at radius 1 is 1.27 bits per heavy atom. The highest BCUT2D eigenvalue weighted by atomic mass is 32.1.